The molecule has 2 aromatic carbocycles. The Morgan fingerprint density at radius 3 is 2.52 bits per heavy atom. The molecule has 3 N–H and O–H groups in total. The molecule has 0 fully saturated rings. The molecule has 0 aromatic heterocycles. The number of carbonyl (C=O) groups is 2. The number of phenolic OH excluding ortho intramolecular Hbond substituents is 1. The number of carboxylic acid groups (broad SMARTS) is 1. The van der Waals surface area contributed by atoms with Gasteiger partial charge in [-0.25, -0.2) is 4.79 Å². The molecular formula is C15H12BrNO4. The van der Waals surface area contributed by atoms with Crippen molar-refractivity contribution in [1.29, 1.82) is 0 Å². The van der Waals surface area contributed by atoms with E-state index < -0.39 is 11.9 Å². The first-order valence-electron chi connectivity index (χ1n) is 6.03. The first-order valence-corrected chi connectivity index (χ1v) is 6.82. The van der Waals surface area contributed by atoms with Gasteiger partial charge >= 0.3 is 5.97 Å². The molecular weight excluding hydrogens is 338 g/mol. The standard InChI is InChI=1S/C15H12BrNO4/c1-8-3-2-4-10(13(8)16)14(19)17-12-6-5-9(18)7-11(12)15(20)21/h2-7,18H,1H3,(H,17,19)(H,20,21). The van der Waals surface area contributed by atoms with Crippen molar-refractivity contribution in [3.63, 3.8) is 0 Å². The Labute approximate surface area is 129 Å². The summed E-state index contributed by atoms with van der Waals surface area (Å²) in [5.74, 6) is -1.84. The van der Waals surface area contributed by atoms with Crippen molar-refractivity contribution < 1.29 is 19.8 Å². The maximum absolute atomic E-state index is 12.3. The molecule has 0 aliphatic rings. The summed E-state index contributed by atoms with van der Waals surface area (Å²) in [5, 5.41) is 21.0. The van der Waals surface area contributed by atoms with Crippen LogP contribution >= 0.6 is 15.9 Å². The Morgan fingerprint density at radius 1 is 1.14 bits per heavy atom. The van der Waals surface area contributed by atoms with E-state index >= 15 is 0 Å². The highest BCUT2D eigenvalue weighted by Crippen LogP contribution is 2.25. The number of hydrogen-bond donors (Lipinski definition) is 3. The van der Waals surface area contributed by atoms with E-state index in [1.807, 2.05) is 13.0 Å². The molecule has 0 spiro atoms. The topological polar surface area (TPSA) is 86.6 Å². The fourth-order valence-electron chi connectivity index (χ4n) is 1.83. The molecule has 0 saturated heterocycles. The average molecular weight is 350 g/mol. The molecule has 6 heteroatoms. The van der Waals surface area contributed by atoms with Crippen molar-refractivity contribution in [2.75, 3.05) is 5.32 Å². The first kappa shape index (κ1) is 15.1. The summed E-state index contributed by atoms with van der Waals surface area (Å²) in [6.45, 7) is 1.85. The number of carbonyl (C=O) groups excluding carboxylic acids is 1. The summed E-state index contributed by atoms with van der Waals surface area (Å²) in [5.41, 5.74) is 1.25. The van der Waals surface area contributed by atoms with Crippen LogP contribution in [-0.2, 0) is 0 Å². The van der Waals surface area contributed by atoms with Crippen molar-refractivity contribution in [1.82, 2.24) is 0 Å². The van der Waals surface area contributed by atoms with Crippen molar-refractivity contribution in [3.8, 4) is 5.75 Å². The Hall–Kier alpha value is -2.34. The molecule has 0 bridgehead atoms. The number of nitrogens with one attached hydrogen (secondary N) is 1. The Bertz CT molecular complexity index is 728. The van der Waals surface area contributed by atoms with Crippen LogP contribution in [-0.4, -0.2) is 22.1 Å². The van der Waals surface area contributed by atoms with Gasteiger partial charge in [-0.05, 0) is 52.7 Å². The number of aromatic carboxylic acids is 1. The number of anilines is 1. The summed E-state index contributed by atoms with van der Waals surface area (Å²) in [7, 11) is 0. The lowest BCUT2D eigenvalue weighted by atomic mass is 10.1. The highest BCUT2D eigenvalue weighted by molar-refractivity contribution is 9.10. The normalized spacial score (nSPS) is 10.2. The van der Waals surface area contributed by atoms with Gasteiger partial charge < -0.3 is 15.5 Å². The predicted molar refractivity (Wildman–Crippen MR) is 81.9 cm³/mol. The van der Waals surface area contributed by atoms with E-state index in [-0.39, 0.29) is 17.0 Å². The van der Waals surface area contributed by atoms with Crippen molar-refractivity contribution in [2.45, 2.75) is 6.92 Å². The van der Waals surface area contributed by atoms with Gasteiger partial charge in [0.25, 0.3) is 5.91 Å². The average Bonchev–Trinajstić information content (AvgIpc) is 2.43. The lowest BCUT2D eigenvalue weighted by molar-refractivity contribution is 0.0697. The molecule has 0 aliphatic heterocycles. The van der Waals surface area contributed by atoms with Crippen LogP contribution in [0.2, 0.25) is 0 Å². The number of aryl methyl sites for hydroxylation is 1. The number of phenols is 1. The zero-order valence-corrected chi connectivity index (χ0v) is 12.6. The Kier molecular flexibility index (Phi) is 4.28. The van der Waals surface area contributed by atoms with Gasteiger partial charge in [-0.2, -0.15) is 0 Å². The summed E-state index contributed by atoms with van der Waals surface area (Å²) < 4.78 is 0.651. The van der Waals surface area contributed by atoms with E-state index in [1.165, 1.54) is 12.1 Å². The van der Waals surface area contributed by atoms with Crippen LogP contribution in [0.3, 0.4) is 0 Å². The van der Waals surface area contributed by atoms with E-state index in [1.54, 1.807) is 12.1 Å². The second-order valence-corrected chi connectivity index (χ2v) is 5.22. The van der Waals surface area contributed by atoms with Gasteiger partial charge in [-0.15, -0.1) is 0 Å². The van der Waals surface area contributed by atoms with Gasteiger partial charge in [0, 0.05) is 4.47 Å². The summed E-state index contributed by atoms with van der Waals surface area (Å²) >= 11 is 3.34. The molecule has 108 valence electrons. The lowest BCUT2D eigenvalue weighted by Crippen LogP contribution is -2.15. The van der Waals surface area contributed by atoms with E-state index in [2.05, 4.69) is 21.2 Å². The van der Waals surface area contributed by atoms with Crippen LogP contribution in [0.5, 0.6) is 5.75 Å². The lowest BCUT2D eigenvalue weighted by Gasteiger charge is -2.11. The molecule has 0 radical (unpaired) electrons. The smallest absolute Gasteiger partial charge is 0.337 e. The van der Waals surface area contributed by atoms with Gasteiger partial charge in [-0.3, -0.25) is 4.79 Å². The minimum Gasteiger partial charge on any atom is -0.508 e. The van der Waals surface area contributed by atoms with Gasteiger partial charge in [0.1, 0.15) is 5.75 Å². The largest absolute Gasteiger partial charge is 0.508 e. The third-order valence-electron chi connectivity index (χ3n) is 2.92. The van der Waals surface area contributed by atoms with Gasteiger partial charge in [0.05, 0.1) is 16.8 Å². The van der Waals surface area contributed by atoms with Crippen LogP contribution < -0.4 is 5.32 Å². The van der Waals surface area contributed by atoms with Crippen LogP contribution in [0.4, 0.5) is 5.69 Å². The number of rotatable bonds is 3. The molecule has 0 aliphatic carbocycles. The minimum absolute atomic E-state index is 0.124. The number of amides is 1. The maximum Gasteiger partial charge on any atom is 0.337 e. The van der Waals surface area contributed by atoms with Gasteiger partial charge in [0.2, 0.25) is 0 Å². The molecule has 2 aromatic rings. The summed E-state index contributed by atoms with van der Waals surface area (Å²) in [4.78, 5) is 23.4. The highest BCUT2D eigenvalue weighted by atomic mass is 79.9. The molecule has 0 heterocycles. The van der Waals surface area contributed by atoms with E-state index in [4.69, 9.17) is 5.11 Å². The fraction of sp³-hybridized carbons (Fsp3) is 0.0667. The number of aromatic hydroxyl groups is 1. The van der Waals surface area contributed by atoms with Gasteiger partial charge in [-0.1, -0.05) is 12.1 Å². The third kappa shape index (κ3) is 3.22. The zero-order valence-electron chi connectivity index (χ0n) is 11.1. The van der Waals surface area contributed by atoms with Crippen LogP contribution in [0, 0.1) is 6.92 Å². The van der Waals surface area contributed by atoms with Crippen LogP contribution in [0.25, 0.3) is 0 Å². The Morgan fingerprint density at radius 2 is 1.86 bits per heavy atom. The number of benzene rings is 2. The monoisotopic (exact) mass is 349 g/mol. The quantitative estimate of drug-likeness (QED) is 0.741. The highest BCUT2D eigenvalue weighted by Gasteiger charge is 2.16. The first-order chi connectivity index (χ1) is 9.90. The number of hydrogen-bond acceptors (Lipinski definition) is 3. The van der Waals surface area contributed by atoms with E-state index in [0.29, 0.717) is 10.0 Å². The van der Waals surface area contributed by atoms with Gasteiger partial charge in [0.15, 0.2) is 0 Å². The third-order valence-corrected chi connectivity index (χ3v) is 3.97. The van der Waals surface area contributed by atoms with Crippen molar-refractivity contribution in [3.05, 3.63) is 57.6 Å². The number of carboxylic acids is 1. The minimum atomic E-state index is -1.23. The van der Waals surface area contributed by atoms with Crippen LogP contribution in [0.1, 0.15) is 26.3 Å². The maximum atomic E-state index is 12.3. The number of halogens is 1. The summed E-state index contributed by atoms with van der Waals surface area (Å²) in [6.07, 6.45) is 0. The predicted octanol–water partition coefficient (Wildman–Crippen LogP) is 3.41. The molecule has 0 saturated carbocycles. The molecule has 1 amide bonds. The molecule has 0 unspecified atom stereocenters. The van der Waals surface area contributed by atoms with Crippen LogP contribution in [0.15, 0.2) is 40.9 Å². The Balaban J connectivity index is 2.36. The molecule has 5 nitrogen and oxygen atoms in total. The second-order valence-electron chi connectivity index (χ2n) is 4.43. The molecule has 21 heavy (non-hydrogen) atoms. The SMILES string of the molecule is Cc1cccc(C(=O)Nc2ccc(O)cc2C(=O)O)c1Br. The zero-order chi connectivity index (χ0) is 15.6. The molecule has 0 atom stereocenters. The van der Waals surface area contributed by atoms with E-state index in [0.717, 1.165) is 11.6 Å². The summed E-state index contributed by atoms with van der Waals surface area (Å²) in [6, 6.07) is 8.97. The second kappa shape index (κ2) is 5.97. The fourth-order valence-corrected chi connectivity index (χ4v) is 2.28. The van der Waals surface area contributed by atoms with E-state index in [9.17, 15) is 14.7 Å². The van der Waals surface area contributed by atoms with Crippen molar-refractivity contribution in [2.24, 2.45) is 0 Å². The van der Waals surface area contributed by atoms with Crippen molar-refractivity contribution >= 4 is 33.5 Å². The molecule has 2 rings (SSSR count).